The number of ether oxygens (including phenoxy) is 2. The minimum Gasteiger partial charge on any atom is -0.495 e. The fraction of sp³-hybridized carbons (Fsp3) is 0.471. The zero-order chi connectivity index (χ0) is 20.9. The van der Waals surface area contributed by atoms with Crippen LogP contribution in [0.3, 0.4) is 0 Å². The molecular weight excluding hydrogens is 420 g/mol. The van der Waals surface area contributed by atoms with E-state index in [0.717, 1.165) is 0 Å². The number of amides is 1. The molecule has 1 aromatic carbocycles. The summed E-state index contributed by atoms with van der Waals surface area (Å²) in [5.74, 6) is 1.53. The number of methoxy groups -OCH3 is 1. The zero-order valence-corrected chi connectivity index (χ0v) is 17.7. The molecule has 1 fully saturated rings. The molecule has 29 heavy (non-hydrogen) atoms. The van der Waals surface area contributed by atoms with Crippen LogP contribution in [-0.4, -0.2) is 67.9 Å². The summed E-state index contributed by atoms with van der Waals surface area (Å²) < 4.78 is 42.6. The molecule has 0 aliphatic carbocycles. The number of benzene rings is 1. The molecule has 1 aliphatic rings. The number of hydrogen-bond acceptors (Lipinski definition) is 9. The predicted octanol–water partition coefficient (Wildman–Crippen LogP) is 1.28. The van der Waals surface area contributed by atoms with Crippen molar-refractivity contribution in [2.75, 3.05) is 44.5 Å². The van der Waals surface area contributed by atoms with Crippen LogP contribution in [0.2, 0.25) is 0 Å². The van der Waals surface area contributed by atoms with Crippen LogP contribution in [0.1, 0.15) is 11.7 Å². The van der Waals surface area contributed by atoms with Crippen LogP contribution in [0.5, 0.6) is 5.75 Å². The number of nitrogens with one attached hydrogen (secondary N) is 1. The quantitative estimate of drug-likeness (QED) is 0.644. The number of thioether (sulfide) groups is 1. The Balaban J connectivity index is 1.66. The lowest BCUT2D eigenvalue weighted by Crippen LogP contribution is -2.40. The molecule has 3 rings (SSSR count). The van der Waals surface area contributed by atoms with E-state index in [4.69, 9.17) is 14.0 Å². The number of anilines is 1. The lowest BCUT2D eigenvalue weighted by atomic mass is 10.3. The van der Waals surface area contributed by atoms with E-state index < -0.39 is 10.0 Å². The molecule has 1 saturated heterocycles. The van der Waals surface area contributed by atoms with Gasteiger partial charge in [-0.2, -0.15) is 9.29 Å². The SMILES string of the molecule is COc1ccc(NC(=O)CSCc2noc(C)n2)cc1S(=O)(=O)N1CCOCC1. The van der Waals surface area contributed by atoms with Gasteiger partial charge in [0.1, 0.15) is 10.6 Å². The molecular formula is C17H22N4O6S2. The van der Waals surface area contributed by atoms with Crippen molar-refractivity contribution in [1.29, 1.82) is 0 Å². The summed E-state index contributed by atoms with van der Waals surface area (Å²) in [5, 5.41) is 6.48. The third-order valence-electron chi connectivity index (χ3n) is 4.07. The van der Waals surface area contributed by atoms with Gasteiger partial charge in [-0.1, -0.05) is 5.16 Å². The van der Waals surface area contributed by atoms with Crippen molar-refractivity contribution in [2.45, 2.75) is 17.6 Å². The van der Waals surface area contributed by atoms with Crippen LogP contribution in [0.4, 0.5) is 5.69 Å². The first-order valence-corrected chi connectivity index (χ1v) is 11.4. The van der Waals surface area contributed by atoms with Crippen molar-refractivity contribution in [3.05, 3.63) is 29.9 Å². The summed E-state index contributed by atoms with van der Waals surface area (Å²) in [6.07, 6.45) is 0. The number of rotatable bonds is 8. The average Bonchev–Trinajstić information content (AvgIpc) is 3.13. The third-order valence-corrected chi connectivity index (χ3v) is 6.92. The Morgan fingerprint density at radius 1 is 1.34 bits per heavy atom. The van der Waals surface area contributed by atoms with E-state index in [1.54, 1.807) is 13.0 Å². The van der Waals surface area contributed by atoms with Gasteiger partial charge in [0, 0.05) is 25.7 Å². The summed E-state index contributed by atoms with van der Waals surface area (Å²) >= 11 is 1.33. The van der Waals surface area contributed by atoms with Crippen molar-refractivity contribution < 1.29 is 27.2 Å². The van der Waals surface area contributed by atoms with E-state index in [1.807, 2.05) is 0 Å². The zero-order valence-electron chi connectivity index (χ0n) is 16.1. The molecule has 2 heterocycles. The van der Waals surface area contributed by atoms with Crippen molar-refractivity contribution in [1.82, 2.24) is 14.4 Å². The number of aromatic nitrogens is 2. The molecule has 0 saturated carbocycles. The highest BCUT2D eigenvalue weighted by Gasteiger charge is 2.29. The molecule has 1 aromatic heterocycles. The standard InChI is InChI=1S/C17H22N4O6S2/c1-12-18-16(20-27-12)10-28-11-17(22)19-13-3-4-14(25-2)15(9-13)29(23,24)21-5-7-26-8-6-21/h3-4,9H,5-8,10-11H2,1-2H3,(H,19,22). The van der Waals surface area contributed by atoms with Gasteiger partial charge in [0.15, 0.2) is 5.82 Å². The highest BCUT2D eigenvalue weighted by Crippen LogP contribution is 2.30. The Labute approximate surface area is 173 Å². The van der Waals surface area contributed by atoms with Crippen molar-refractivity contribution in [3.63, 3.8) is 0 Å². The number of sulfonamides is 1. The van der Waals surface area contributed by atoms with E-state index >= 15 is 0 Å². The highest BCUT2D eigenvalue weighted by molar-refractivity contribution is 7.99. The van der Waals surface area contributed by atoms with Gasteiger partial charge in [-0.25, -0.2) is 8.42 Å². The molecule has 0 radical (unpaired) electrons. The maximum absolute atomic E-state index is 13.0. The van der Waals surface area contributed by atoms with Gasteiger partial charge in [-0.05, 0) is 18.2 Å². The molecule has 0 bridgehead atoms. The summed E-state index contributed by atoms with van der Waals surface area (Å²) in [5.41, 5.74) is 0.374. The highest BCUT2D eigenvalue weighted by atomic mass is 32.2. The first kappa shape index (κ1) is 21.6. The molecule has 10 nitrogen and oxygen atoms in total. The second kappa shape index (κ2) is 9.57. The fourth-order valence-electron chi connectivity index (χ4n) is 2.71. The average molecular weight is 443 g/mol. The Hall–Kier alpha value is -2.15. The Morgan fingerprint density at radius 3 is 2.76 bits per heavy atom. The number of aryl methyl sites for hydroxylation is 1. The fourth-order valence-corrected chi connectivity index (χ4v) is 4.96. The molecule has 1 N–H and O–H groups in total. The van der Waals surface area contributed by atoms with Crippen LogP contribution >= 0.6 is 11.8 Å². The molecule has 158 valence electrons. The number of carbonyl (C=O) groups is 1. The van der Waals surface area contributed by atoms with Gasteiger partial charge < -0.3 is 19.3 Å². The normalized spacial score (nSPS) is 15.2. The Morgan fingerprint density at radius 2 is 2.10 bits per heavy atom. The minimum absolute atomic E-state index is 0.00891. The maximum atomic E-state index is 13.0. The second-order valence-corrected chi connectivity index (χ2v) is 9.04. The van der Waals surface area contributed by atoms with E-state index in [0.29, 0.717) is 36.4 Å². The lowest BCUT2D eigenvalue weighted by Gasteiger charge is -2.26. The lowest BCUT2D eigenvalue weighted by molar-refractivity contribution is -0.113. The second-order valence-electron chi connectivity index (χ2n) is 6.15. The van der Waals surface area contributed by atoms with Gasteiger partial charge in [0.05, 0.1) is 31.8 Å². The maximum Gasteiger partial charge on any atom is 0.246 e. The van der Waals surface area contributed by atoms with E-state index in [1.165, 1.54) is 35.3 Å². The van der Waals surface area contributed by atoms with Gasteiger partial charge in [0.25, 0.3) is 0 Å². The summed E-state index contributed by atoms with van der Waals surface area (Å²) in [6.45, 7) is 2.92. The van der Waals surface area contributed by atoms with E-state index in [9.17, 15) is 13.2 Å². The molecule has 0 atom stereocenters. The van der Waals surface area contributed by atoms with Crippen LogP contribution in [0, 0.1) is 6.92 Å². The van der Waals surface area contributed by atoms with Crippen molar-refractivity contribution in [3.8, 4) is 5.75 Å². The number of carbonyl (C=O) groups excluding carboxylic acids is 1. The number of nitrogens with zero attached hydrogens (tertiary/aromatic N) is 3. The van der Waals surface area contributed by atoms with Gasteiger partial charge in [0.2, 0.25) is 21.8 Å². The minimum atomic E-state index is -3.77. The van der Waals surface area contributed by atoms with Crippen LogP contribution in [0.25, 0.3) is 0 Å². The summed E-state index contributed by atoms with van der Waals surface area (Å²) in [4.78, 5) is 16.3. The van der Waals surface area contributed by atoms with Crippen LogP contribution < -0.4 is 10.1 Å². The first-order chi connectivity index (χ1) is 13.9. The summed E-state index contributed by atoms with van der Waals surface area (Å²) in [6, 6.07) is 4.54. The number of hydrogen-bond donors (Lipinski definition) is 1. The van der Waals surface area contributed by atoms with Gasteiger partial charge >= 0.3 is 0 Å². The van der Waals surface area contributed by atoms with Crippen molar-refractivity contribution >= 4 is 33.4 Å². The van der Waals surface area contributed by atoms with Gasteiger partial charge in [-0.15, -0.1) is 11.8 Å². The molecule has 2 aromatic rings. The summed E-state index contributed by atoms with van der Waals surface area (Å²) in [7, 11) is -2.36. The molecule has 0 spiro atoms. The van der Waals surface area contributed by atoms with Crippen LogP contribution in [0.15, 0.2) is 27.6 Å². The molecule has 1 aliphatic heterocycles. The van der Waals surface area contributed by atoms with Gasteiger partial charge in [-0.3, -0.25) is 4.79 Å². The molecule has 1 amide bonds. The predicted molar refractivity (Wildman–Crippen MR) is 106 cm³/mol. The Bertz CT molecular complexity index is 957. The largest absolute Gasteiger partial charge is 0.495 e. The first-order valence-electron chi connectivity index (χ1n) is 8.83. The molecule has 12 heteroatoms. The topological polar surface area (TPSA) is 124 Å². The molecule has 0 unspecified atom stereocenters. The Kier molecular flexibility index (Phi) is 7.11. The van der Waals surface area contributed by atoms with E-state index in [-0.39, 0.29) is 35.4 Å². The number of morpholine rings is 1. The third kappa shape index (κ3) is 5.47. The smallest absolute Gasteiger partial charge is 0.246 e. The van der Waals surface area contributed by atoms with Crippen LogP contribution in [-0.2, 0) is 25.3 Å². The van der Waals surface area contributed by atoms with Crippen molar-refractivity contribution in [2.24, 2.45) is 0 Å². The van der Waals surface area contributed by atoms with E-state index in [2.05, 4.69) is 15.5 Å². The monoisotopic (exact) mass is 442 g/mol.